The van der Waals surface area contributed by atoms with Gasteiger partial charge in [-0.2, -0.15) is 0 Å². The second-order valence-corrected chi connectivity index (χ2v) is 5.97. The summed E-state index contributed by atoms with van der Waals surface area (Å²) in [5, 5.41) is 0. The average Bonchev–Trinajstić information content (AvgIpc) is 3.26. The van der Waals surface area contributed by atoms with E-state index in [9.17, 15) is 4.79 Å². The number of nitrogens with two attached hydrogens (primary N) is 1. The van der Waals surface area contributed by atoms with Crippen LogP contribution in [0.4, 0.5) is 5.69 Å². The number of anilines is 1. The standard InChI is InChI=1S/C16H22N2O/c17-14-3-1-2-12(10-14)6-9-16(19)18(15-7-8-15)11-13-4-5-13/h1-3,10,13,15H,4-9,11,17H2. The Kier molecular flexibility index (Phi) is 3.45. The van der Waals surface area contributed by atoms with Crippen LogP contribution in [0.3, 0.4) is 0 Å². The highest BCUT2D eigenvalue weighted by Gasteiger charge is 2.35. The number of hydrogen-bond donors (Lipinski definition) is 1. The molecule has 1 amide bonds. The van der Waals surface area contributed by atoms with E-state index < -0.39 is 0 Å². The molecule has 0 aromatic heterocycles. The topological polar surface area (TPSA) is 46.3 Å². The van der Waals surface area contributed by atoms with E-state index in [0.717, 1.165) is 30.1 Å². The average molecular weight is 258 g/mol. The predicted octanol–water partition coefficient (Wildman–Crippen LogP) is 2.60. The Hall–Kier alpha value is -1.51. The number of carbonyl (C=O) groups excluding carboxylic acids is 1. The molecule has 0 atom stereocenters. The molecule has 3 rings (SSSR count). The van der Waals surface area contributed by atoms with Gasteiger partial charge in [0.2, 0.25) is 5.91 Å². The van der Waals surface area contributed by atoms with Crippen molar-refractivity contribution in [2.24, 2.45) is 5.92 Å². The highest BCUT2D eigenvalue weighted by molar-refractivity contribution is 5.77. The molecule has 0 radical (unpaired) electrons. The molecule has 19 heavy (non-hydrogen) atoms. The Labute approximate surface area is 114 Å². The van der Waals surface area contributed by atoms with Crippen molar-refractivity contribution in [3.63, 3.8) is 0 Å². The zero-order valence-corrected chi connectivity index (χ0v) is 11.3. The third-order valence-electron chi connectivity index (χ3n) is 4.04. The van der Waals surface area contributed by atoms with Crippen molar-refractivity contribution in [2.45, 2.75) is 44.6 Å². The minimum atomic E-state index is 0.330. The maximum absolute atomic E-state index is 12.3. The molecule has 2 fully saturated rings. The van der Waals surface area contributed by atoms with Crippen LogP contribution in [0.2, 0.25) is 0 Å². The van der Waals surface area contributed by atoms with E-state index in [4.69, 9.17) is 5.73 Å². The number of amides is 1. The summed E-state index contributed by atoms with van der Waals surface area (Å²) in [7, 11) is 0. The van der Waals surface area contributed by atoms with E-state index in [2.05, 4.69) is 4.90 Å². The summed E-state index contributed by atoms with van der Waals surface area (Å²) >= 11 is 0. The lowest BCUT2D eigenvalue weighted by Gasteiger charge is -2.22. The van der Waals surface area contributed by atoms with Crippen molar-refractivity contribution < 1.29 is 4.79 Å². The van der Waals surface area contributed by atoms with E-state index in [0.29, 0.717) is 18.4 Å². The fraction of sp³-hybridized carbons (Fsp3) is 0.562. The number of nitrogens with zero attached hydrogens (tertiary/aromatic N) is 1. The molecule has 1 aromatic carbocycles. The smallest absolute Gasteiger partial charge is 0.223 e. The van der Waals surface area contributed by atoms with Crippen LogP contribution in [0.1, 0.15) is 37.7 Å². The van der Waals surface area contributed by atoms with E-state index >= 15 is 0 Å². The van der Waals surface area contributed by atoms with Crippen LogP contribution < -0.4 is 5.73 Å². The highest BCUT2D eigenvalue weighted by atomic mass is 16.2. The molecule has 2 N–H and O–H groups in total. The van der Waals surface area contributed by atoms with Crippen LogP contribution in [-0.2, 0) is 11.2 Å². The SMILES string of the molecule is Nc1cccc(CCC(=O)N(CC2CC2)C2CC2)c1. The van der Waals surface area contributed by atoms with Gasteiger partial charge < -0.3 is 10.6 Å². The van der Waals surface area contributed by atoms with Gasteiger partial charge in [0, 0.05) is 24.7 Å². The molecule has 0 spiro atoms. The Morgan fingerprint density at radius 2 is 2.05 bits per heavy atom. The minimum absolute atomic E-state index is 0.330. The molecule has 0 unspecified atom stereocenters. The van der Waals surface area contributed by atoms with E-state index in [1.807, 2.05) is 24.3 Å². The van der Waals surface area contributed by atoms with Crippen LogP contribution in [0.25, 0.3) is 0 Å². The zero-order chi connectivity index (χ0) is 13.2. The second kappa shape index (κ2) is 5.24. The van der Waals surface area contributed by atoms with Gasteiger partial charge in [0.1, 0.15) is 0 Å². The van der Waals surface area contributed by atoms with Gasteiger partial charge >= 0.3 is 0 Å². The first kappa shape index (κ1) is 12.5. The van der Waals surface area contributed by atoms with Crippen molar-refractivity contribution in [2.75, 3.05) is 12.3 Å². The van der Waals surface area contributed by atoms with Gasteiger partial charge in [-0.15, -0.1) is 0 Å². The third-order valence-corrected chi connectivity index (χ3v) is 4.04. The van der Waals surface area contributed by atoms with Crippen molar-refractivity contribution >= 4 is 11.6 Å². The first-order valence-electron chi connectivity index (χ1n) is 7.36. The largest absolute Gasteiger partial charge is 0.399 e. The van der Waals surface area contributed by atoms with Gasteiger partial charge in [0.25, 0.3) is 0 Å². The van der Waals surface area contributed by atoms with Crippen molar-refractivity contribution in [3.8, 4) is 0 Å². The number of aryl methyl sites for hydroxylation is 1. The third kappa shape index (κ3) is 3.49. The van der Waals surface area contributed by atoms with Crippen molar-refractivity contribution in [3.05, 3.63) is 29.8 Å². The molecule has 3 heteroatoms. The number of rotatable bonds is 6. The van der Waals surface area contributed by atoms with Gasteiger partial charge in [-0.25, -0.2) is 0 Å². The number of benzene rings is 1. The Balaban J connectivity index is 1.54. The highest BCUT2D eigenvalue weighted by Crippen LogP contribution is 2.35. The summed E-state index contributed by atoms with van der Waals surface area (Å²) in [5.41, 5.74) is 7.70. The van der Waals surface area contributed by atoms with Gasteiger partial charge in [-0.1, -0.05) is 12.1 Å². The van der Waals surface area contributed by atoms with Gasteiger partial charge in [-0.05, 0) is 55.7 Å². The molecule has 102 valence electrons. The maximum Gasteiger partial charge on any atom is 0.223 e. The van der Waals surface area contributed by atoms with Crippen LogP contribution in [0.5, 0.6) is 0 Å². The van der Waals surface area contributed by atoms with Crippen LogP contribution in [0.15, 0.2) is 24.3 Å². The minimum Gasteiger partial charge on any atom is -0.399 e. The maximum atomic E-state index is 12.3. The van der Waals surface area contributed by atoms with Gasteiger partial charge in [-0.3, -0.25) is 4.79 Å². The molecule has 0 heterocycles. The quantitative estimate of drug-likeness (QED) is 0.797. The lowest BCUT2D eigenvalue weighted by Crippen LogP contribution is -2.35. The molecule has 2 saturated carbocycles. The van der Waals surface area contributed by atoms with Crippen LogP contribution in [0, 0.1) is 5.92 Å². The van der Waals surface area contributed by atoms with Gasteiger partial charge in [0.15, 0.2) is 0 Å². The molecular formula is C16H22N2O. The lowest BCUT2D eigenvalue weighted by molar-refractivity contribution is -0.132. The summed E-state index contributed by atoms with van der Waals surface area (Å²) in [6.07, 6.45) is 6.45. The van der Waals surface area contributed by atoms with Crippen molar-refractivity contribution in [1.82, 2.24) is 4.90 Å². The van der Waals surface area contributed by atoms with Crippen LogP contribution >= 0.6 is 0 Å². The van der Waals surface area contributed by atoms with E-state index in [1.54, 1.807) is 0 Å². The molecule has 0 bridgehead atoms. The Morgan fingerprint density at radius 1 is 1.26 bits per heavy atom. The van der Waals surface area contributed by atoms with Crippen LogP contribution in [-0.4, -0.2) is 23.4 Å². The predicted molar refractivity (Wildman–Crippen MR) is 76.6 cm³/mol. The normalized spacial score (nSPS) is 18.3. The Morgan fingerprint density at radius 3 is 2.68 bits per heavy atom. The number of hydrogen-bond acceptors (Lipinski definition) is 2. The first-order chi connectivity index (χ1) is 9.22. The first-order valence-corrected chi connectivity index (χ1v) is 7.36. The van der Waals surface area contributed by atoms with Gasteiger partial charge in [0.05, 0.1) is 0 Å². The Bertz CT molecular complexity index is 464. The zero-order valence-electron chi connectivity index (χ0n) is 11.3. The molecule has 0 saturated heterocycles. The number of carbonyl (C=O) groups is 1. The second-order valence-electron chi connectivity index (χ2n) is 5.97. The fourth-order valence-corrected chi connectivity index (χ4v) is 2.56. The summed E-state index contributed by atoms with van der Waals surface area (Å²) in [6.45, 7) is 1.00. The van der Waals surface area contributed by atoms with Crippen molar-refractivity contribution in [1.29, 1.82) is 0 Å². The fourth-order valence-electron chi connectivity index (χ4n) is 2.56. The molecule has 0 aliphatic heterocycles. The molecular weight excluding hydrogens is 236 g/mol. The monoisotopic (exact) mass is 258 g/mol. The summed E-state index contributed by atoms with van der Waals surface area (Å²) in [4.78, 5) is 14.5. The van der Waals surface area contributed by atoms with E-state index in [1.165, 1.54) is 25.7 Å². The summed E-state index contributed by atoms with van der Waals surface area (Å²) in [5.74, 6) is 1.12. The summed E-state index contributed by atoms with van der Waals surface area (Å²) < 4.78 is 0. The van der Waals surface area contributed by atoms with E-state index in [-0.39, 0.29) is 0 Å². The summed E-state index contributed by atoms with van der Waals surface area (Å²) in [6, 6.07) is 8.41. The molecule has 3 nitrogen and oxygen atoms in total. The molecule has 2 aliphatic carbocycles. The number of nitrogen functional groups attached to an aromatic ring is 1. The lowest BCUT2D eigenvalue weighted by atomic mass is 10.1. The molecule has 2 aliphatic rings. The molecule has 1 aromatic rings.